The highest BCUT2D eigenvalue weighted by Gasteiger charge is 2.15. The van der Waals surface area contributed by atoms with E-state index in [1.54, 1.807) is 0 Å². The number of pyridine rings is 1. The van der Waals surface area contributed by atoms with E-state index in [-0.39, 0.29) is 0 Å². The SMILES string of the molecule is CCCNCc1cccnc1N1CCSCC1. The number of hydrogen-bond acceptors (Lipinski definition) is 4. The largest absolute Gasteiger partial charge is 0.355 e. The first-order chi connectivity index (χ1) is 8.42. The van der Waals surface area contributed by atoms with Crippen molar-refractivity contribution in [2.45, 2.75) is 19.9 Å². The fourth-order valence-electron chi connectivity index (χ4n) is 2.03. The molecule has 17 heavy (non-hydrogen) atoms. The maximum absolute atomic E-state index is 4.56. The molecule has 0 aromatic carbocycles. The van der Waals surface area contributed by atoms with Crippen LogP contribution in [-0.4, -0.2) is 36.1 Å². The van der Waals surface area contributed by atoms with E-state index in [1.807, 2.05) is 24.0 Å². The number of rotatable bonds is 5. The standard InChI is InChI=1S/C13H21N3S/c1-2-5-14-11-12-4-3-6-15-13(12)16-7-9-17-10-8-16/h3-4,6,14H,2,5,7-11H2,1H3. The summed E-state index contributed by atoms with van der Waals surface area (Å²) in [6.45, 7) is 6.45. The quantitative estimate of drug-likeness (QED) is 0.812. The van der Waals surface area contributed by atoms with Gasteiger partial charge >= 0.3 is 0 Å². The summed E-state index contributed by atoms with van der Waals surface area (Å²) in [6, 6.07) is 4.22. The molecule has 0 atom stereocenters. The van der Waals surface area contributed by atoms with Gasteiger partial charge in [-0.05, 0) is 19.0 Å². The predicted octanol–water partition coefficient (Wildman–Crippen LogP) is 2.13. The van der Waals surface area contributed by atoms with Gasteiger partial charge in [0.2, 0.25) is 0 Å². The summed E-state index contributed by atoms with van der Waals surface area (Å²) >= 11 is 2.04. The van der Waals surface area contributed by atoms with Crippen LogP contribution in [0, 0.1) is 0 Å². The molecule has 1 aromatic heterocycles. The normalized spacial score (nSPS) is 16.2. The van der Waals surface area contributed by atoms with E-state index in [1.165, 1.54) is 29.3 Å². The topological polar surface area (TPSA) is 28.2 Å². The molecule has 0 bridgehead atoms. The zero-order chi connectivity index (χ0) is 11.9. The average molecular weight is 251 g/mol. The smallest absolute Gasteiger partial charge is 0.133 e. The number of nitrogens with zero attached hydrogens (tertiary/aromatic N) is 2. The first-order valence-electron chi connectivity index (χ1n) is 6.39. The van der Waals surface area contributed by atoms with Crippen molar-refractivity contribution in [2.75, 3.05) is 36.0 Å². The third-order valence-electron chi connectivity index (χ3n) is 2.92. The van der Waals surface area contributed by atoms with Crippen molar-refractivity contribution in [3.8, 4) is 0 Å². The van der Waals surface area contributed by atoms with E-state index < -0.39 is 0 Å². The van der Waals surface area contributed by atoms with Crippen LogP contribution in [-0.2, 0) is 6.54 Å². The summed E-state index contributed by atoms with van der Waals surface area (Å²) in [5, 5.41) is 3.46. The molecule has 1 N–H and O–H groups in total. The van der Waals surface area contributed by atoms with E-state index >= 15 is 0 Å². The fraction of sp³-hybridized carbons (Fsp3) is 0.615. The van der Waals surface area contributed by atoms with Gasteiger partial charge in [0.1, 0.15) is 5.82 Å². The molecule has 1 aliphatic heterocycles. The minimum atomic E-state index is 0.931. The number of nitrogens with one attached hydrogen (secondary N) is 1. The van der Waals surface area contributed by atoms with Crippen LogP contribution in [0.25, 0.3) is 0 Å². The Kier molecular flexibility index (Phi) is 5.13. The Morgan fingerprint density at radius 3 is 3.00 bits per heavy atom. The molecule has 3 nitrogen and oxygen atoms in total. The minimum Gasteiger partial charge on any atom is -0.355 e. The van der Waals surface area contributed by atoms with Crippen LogP contribution >= 0.6 is 11.8 Å². The maximum Gasteiger partial charge on any atom is 0.133 e. The minimum absolute atomic E-state index is 0.931. The Bertz CT molecular complexity index is 337. The number of thioether (sulfide) groups is 1. The molecule has 0 spiro atoms. The van der Waals surface area contributed by atoms with Crippen LogP contribution in [0.5, 0.6) is 0 Å². The number of anilines is 1. The highest BCUT2D eigenvalue weighted by Crippen LogP contribution is 2.20. The summed E-state index contributed by atoms with van der Waals surface area (Å²) in [6.07, 6.45) is 3.08. The monoisotopic (exact) mass is 251 g/mol. The average Bonchev–Trinajstić information content (AvgIpc) is 2.41. The molecule has 0 unspecified atom stereocenters. The second-order valence-electron chi connectivity index (χ2n) is 4.26. The second-order valence-corrected chi connectivity index (χ2v) is 5.49. The van der Waals surface area contributed by atoms with Crippen molar-refractivity contribution in [3.05, 3.63) is 23.9 Å². The highest BCUT2D eigenvalue weighted by molar-refractivity contribution is 7.99. The van der Waals surface area contributed by atoms with E-state index in [0.29, 0.717) is 0 Å². The highest BCUT2D eigenvalue weighted by atomic mass is 32.2. The van der Waals surface area contributed by atoms with Crippen LogP contribution in [0.15, 0.2) is 18.3 Å². The van der Waals surface area contributed by atoms with Gasteiger partial charge in [-0.1, -0.05) is 13.0 Å². The van der Waals surface area contributed by atoms with Gasteiger partial charge in [0.05, 0.1) is 0 Å². The first-order valence-corrected chi connectivity index (χ1v) is 7.54. The Morgan fingerprint density at radius 2 is 2.24 bits per heavy atom. The molecule has 2 rings (SSSR count). The second kappa shape index (κ2) is 6.87. The summed E-state index contributed by atoms with van der Waals surface area (Å²) in [5.74, 6) is 3.62. The van der Waals surface area contributed by atoms with E-state index in [0.717, 1.165) is 26.2 Å². The van der Waals surface area contributed by atoms with Gasteiger partial charge in [0.25, 0.3) is 0 Å². The molecule has 0 amide bonds. The Labute approximate surface area is 108 Å². The summed E-state index contributed by atoms with van der Waals surface area (Å²) in [4.78, 5) is 6.97. The first kappa shape index (κ1) is 12.7. The maximum atomic E-state index is 4.56. The Morgan fingerprint density at radius 1 is 1.41 bits per heavy atom. The lowest BCUT2D eigenvalue weighted by atomic mass is 10.2. The molecule has 0 radical (unpaired) electrons. The van der Waals surface area contributed by atoms with Crippen molar-refractivity contribution in [1.82, 2.24) is 10.3 Å². The number of aromatic nitrogens is 1. The van der Waals surface area contributed by atoms with Crippen molar-refractivity contribution < 1.29 is 0 Å². The van der Waals surface area contributed by atoms with Gasteiger partial charge in [0.15, 0.2) is 0 Å². The number of hydrogen-bond donors (Lipinski definition) is 1. The van der Waals surface area contributed by atoms with Gasteiger partial charge in [-0.15, -0.1) is 0 Å². The summed E-state index contributed by atoms with van der Waals surface area (Å²) in [7, 11) is 0. The van der Waals surface area contributed by atoms with Gasteiger partial charge in [-0.3, -0.25) is 0 Å². The molecule has 94 valence electrons. The van der Waals surface area contributed by atoms with Crippen LogP contribution in [0.3, 0.4) is 0 Å². The molecule has 1 saturated heterocycles. The van der Waals surface area contributed by atoms with Crippen molar-refractivity contribution >= 4 is 17.6 Å². The lowest BCUT2D eigenvalue weighted by molar-refractivity contribution is 0.670. The Hall–Kier alpha value is -0.740. The van der Waals surface area contributed by atoms with Crippen molar-refractivity contribution in [3.63, 3.8) is 0 Å². The van der Waals surface area contributed by atoms with Crippen LogP contribution in [0.2, 0.25) is 0 Å². The molecular weight excluding hydrogens is 230 g/mol. The molecule has 1 aromatic rings. The molecule has 2 heterocycles. The van der Waals surface area contributed by atoms with Gasteiger partial charge in [-0.25, -0.2) is 4.98 Å². The van der Waals surface area contributed by atoms with E-state index in [2.05, 4.69) is 28.2 Å². The molecule has 0 aliphatic carbocycles. The lowest BCUT2D eigenvalue weighted by Gasteiger charge is -2.29. The Balaban J connectivity index is 2.03. The summed E-state index contributed by atoms with van der Waals surface area (Å²) < 4.78 is 0. The zero-order valence-corrected chi connectivity index (χ0v) is 11.3. The molecule has 1 aliphatic rings. The molecule has 1 fully saturated rings. The van der Waals surface area contributed by atoms with Crippen LogP contribution in [0.1, 0.15) is 18.9 Å². The van der Waals surface area contributed by atoms with Crippen molar-refractivity contribution in [1.29, 1.82) is 0 Å². The van der Waals surface area contributed by atoms with Crippen LogP contribution < -0.4 is 10.2 Å². The third kappa shape index (κ3) is 3.61. The van der Waals surface area contributed by atoms with E-state index in [9.17, 15) is 0 Å². The van der Waals surface area contributed by atoms with E-state index in [4.69, 9.17) is 0 Å². The zero-order valence-electron chi connectivity index (χ0n) is 10.5. The predicted molar refractivity (Wildman–Crippen MR) is 75.8 cm³/mol. The van der Waals surface area contributed by atoms with Gasteiger partial charge < -0.3 is 10.2 Å². The molecule has 0 saturated carbocycles. The van der Waals surface area contributed by atoms with Gasteiger partial charge in [0, 0.05) is 42.9 Å². The molecule has 4 heteroatoms. The van der Waals surface area contributed by atoms with Crippen molar-refractivity contribution in [2.24, 2.45) is 0 Å². The van der Waals surface area contributed by atoms with Crippen LogP contribution in [0.4, 0.5) is 5.82 Å². The summed E-state index contributed by atoms with van der Waals surface area (Å²) in [5.41, 5.74) is 1.33. The molecular formula is C13H21N3S. The third-order valence-corrected chi connectivity index (χ3v) is 3.86. The lowest BCUT2D eigenvalue weighted by Crippen LogP contribution is -2.34. The van der Waals surface area contributed by atoms with Gasteiger partial charge in [-0.2, -0.15) is 11.8 Å². The fourth-order valence-corrected chi connectivity index (χ4v) is 2.93.